The Hall–Kier alpha value is -2.04. The standard InChI is InChI=1S/C17H18N6OS3/c1-3-13(14(24)19-16-22-23-17(27-16)25-4-2)26-15-18-10-12(20-21-15)11-8-6-5-7-9-11/h5-10,13H,3-4H2,1-2H3,(H,19,22,24). The molecule has 0 fully saturated rings. The minimum atomic E-state index is -0.333. The van der Waals surface area contributed by atoms with Crippen LogP contribution in [0.5, 0.6) is 0 Å². The van der Waals surface area contributed by atoms with Crippen molar-refractivity contribution in [2.45, 2.75) is 35.0 Å². The van der Waals surface area contributed by atoms with Crippen LogP contribution in [0.15, 0.2) is 46.0 Å². The lowest BCUT2D eigenvalue weighted by atomic mass is 10.2. The molecule has 0 saturated heterocycles. The predicted octanol–water partition coefficient (Wildman–Crippen LogP) is 4.01. The normalized spacial score (nSPS) is 11.9. The quantitative estimate of drug-likeness (QED) is 0.433. The zero-order valence-corrected chi connectivity index (χ0v) is 17.3. The van der Waals surface area contributed by atoms with Crippen LogP contribution in [0.2, 0.25) is 0 Å². The van der Waals surface area contributed by atoms with E-state index in [0.717, 1.165) is 15.7 Å². The number of aromatic nitrogens is 5. The molecule has 2 aromatic heterocycles. The molecule has 140 valence electrons. The number of carbonyl (C=O) groups excluding carboxylic acids is 1. The number of anilines is 1. The highest BCUT2D eigenvalue weighted by atomic mass is 32.2. The van der Waals surface area contributed by atoms with Gasteiger partial charge in [0.2, 0.25) is 16.2 Å². The van der Waals surface area contributed by atoms with Crippen LogP contribution < -0.4 is 5.32 Å². The summed E-state index contributed by atoms with van der Waals surface area (Å²) in [5.41, 5.74) is 1.66. The van der Waals surface area contributed by atoms with Crippen LogP contribution in [0.25, 0.3) is 11.3 Å². The second kappa shape index (κ2) is 9.77. The molecular formula is C17H18N6OS3. The van der Waals surface area contributed by atoms with E-state index in [1.165, 1.54) is 23.1 Å². The summed E-state index contributed by atoms with van der Waals surface area (Å²) in [5.74, 6) is 0.779. The summed E-state index contributed by atoms with van der Waals surface area (Å²) in [7, 11) is 0. The van der Waals surface area contributed by atoms with Gasteiger partial charge in [-0.15, -0.1) is 20.4 Å². The van der Waals surface area contributed by atoms with Crippen molar-refractivity contribution in [2.24, 2.45) is 0 Å². The fourth-order valence-corrected chi connectivity index (χ4v) is 4.58. The number of thioether (sulfide) groups is 2. The minimum Gasteiger partial charge on any atom is -0.300 e. The average molecular weight is 419 g/mol. The summed E-state index contributed by atoms with van der Waals surface area (Å²) in [6, 6.07) is 9.73. The zero-order chi connectivity index (χ0) is 19.1. The van der Waals surface area contributed by atoms with Gasteiger partial charge in [-0.25, -0.2) is 4.98 Å². The Kier molecular flexibility index (Phi) is 7.13. The Morgan fingerprint density at radius 2 is 1.96 bits per heavy atom. The van der Waals surface area contributed by atoms with Crippen LogP contribution in [-0.4, -0.2) is 42.3 Å². The first-order valence-corrected chi connectivity index (χ1v) is 11.1. The van der Waals surface area contributed by atoms with E-state index in [9.17, 15) is 4.79 Å². The number of hydrogen-bond donors (Lipinski definition) is 1. The lowest BCUT2D eigenvalue weighted by Crippen LogP contribution is -2.24. The lowest BCUT2D eigenvalue weighted by molar-refractivity contribution is -0.115. The molecule has 2 heterocycles. The molecule has 1 unspecified atom stereocenters. The van der Waals surface area contributed by atoms with Gasteiger partial charge in [0.15, 0.2) is 4.34 Å². The largest absolute Gasteiger partial charge is 0.300 e. The number of nitrogens with zero attached hydrogens (tertiary/aromatic N) is 5. The Balaban J connectivity index is 1.62. The number of amides is 1. The molecule has 0 spiro atoms. The van der Waals surface area contributed by atoms with Crippen LogP contribution in [0.1, 0.15) is 20.3 Å². The summed E-state index contributed by atoms with van der Waals surface area (Å²) in [6.45, 7) is 3.99. The maximum Gasteiger partial charge on any atom is 0.239 e. The number of benzene rings is 1. The van der Waals surface area contributed by atoms with Crippen LogP contribution in [0, 0.1) is 0 Å². The molecule has 0 aliphatic heterocycles. The van der Waals surface area contributed by atoms with E-state index in [-0.39, 0.29) is 11.2 Å². The second-order valence-corrected chi connectivity index (χ2v) is 8.96. The van der Waals surface area contributed by atoms with Crippen LogP contribution >= 0.6 is 34.9 Å². The van der Waals surface area contributed by atoms with Crippen molar-refractivity contribution in [1.82, 2.24) is 25.4 Å². The molecule has 0 aliphatic carbocycles. The van der Waals surface area contributed by atoms with Gasteiger partial charge in [-0.05, 0) is 12.2 Å². The molecular weight excluding hydrogens is 400 g/mol. The van der Waals surface area contributed by atoms with Gasteiger partial charge in [-0.2, -0.15) is 0 Å². The second-order valence-electron chi connectivity index (χ2n) is 5.30. The maximum absolute atomic E-state index is 12.5. The van der Waals surface area contributed by atoms with Gasteiger partial charge in [0, 0.05) is 5.56 Å². The third kappa shape index (κ3) is 5.47. The molecule has 1 aromatic carbocycles. The first-order valence-electron chi connectivity index (χ1n) is 8.38. The molecule has 1 atom stereocenters. The van der Waals surface area contributed by atoms with Crippen LogP contribution in [0.3, 0.4) is 0 Å². The van der Waals surface area contributed by atoms with Crippen molar-refractivity contribution in [1.29, 1.82) is 0 Å². The molecule has 7 nitrogen and oxygen atoms in total. The fraction of sp³-hybridized carbons (Fsp3) is 0.294. The molecule has 0 radical (unpaired) electrons. The molecule has 3 aromatic rings. The van der Waals surface area contributed by atoms with Gasteiger partial charge in [0.25, 0.3) is 0 Å². The highest BCUT2D eigenvalue weighted by Crippen LogP contribution is 2.27. The SMILES string of the molecule is CCSc1nnc(NC(=O)C(CC)Sc2ncc(-c3ccccc3)nn2)s1. The van der Waals surface area contributed by atoms with Crippen LogP contribution in [-0.2, 0) is 4.79 Å². The molecule has 1 amide bonds. The van der Waals surface area contributed by atoms with E-state index >= 15 is 0 Å². The van der Waals surface area contributed by atoms with E-state index in [2.05, 4.69) is 30.7 Å². The Morgan fingerprint density at radius 3 is 2.63 bits per heavy atom. The van der Waals surface area contributed by atoms with Gasteiger partial charge >= 0.3 is 0 Å². The number of carbonyl (C=O) groups is 1. The Morgan fingerprint density at radius 1 is 1.15 bits per heavy atom. The predicted molar refractivity (Wildman–Crippen MR) is 110 cm³/mol. The summed E-state index contributed by atoms with van der Waals surface area (Å²) >= 11 is 4.27. The lowest BCUT2D eigenvalue weighted by Gasteiger charge is -2.11. The first kappa shape index (κ1) is 19.7. The van der Waals surface area contributed by atoms with E-state index in [1.807, 2.05) is 44.2 Å². The Bertz CT molecular complexity index is 872. The first-order chi connectivity index (χ1) is 13.2. The Labute approximate surface area is 169 Å². The molecule has 10 heteroatoms. The topological polar surface area (TPSA) is 93.6 Å². The minimum absolute atomic E-state index is 0.137. The average Bonchev–Trinajstić information content (AvgIpc) is 3.14. The van der Waals surface area contributed by atoms with E-state index in [4.69, 9.17) is 0 Å². The summed E-state index contributed by atoms with van der Waals surface area (Å²) in [6.07, 6.45) is 2.31. The molecule has 0 saturated carbocycles. The highest BCUT2D eigenvalue weighted by Gasteiger charge is 2.21. The molecule has 0 bridgehead atoms. The van der Waals surface area contributed by atoms with Crippen molar-refractivity contribution in [3.8, 4) is 11.3 Å². The summed E-state index contributed by atoms with van der Waals surface area (Å²) in [5, 5.41) is 19.9. The molecule has 1 N–H and O–H groups in total. The van der Waals surface area contributed by atoms with Crippen molar-refractivity contribution < 1.29 is 4.79 Å². The van der Waals surface area contributed by atoms with Crippen molar-refractivity contribution >= 4 is 45.9 Å². The van der Waals surface area contributed by atoms with Crippen molar-refractivity contribution in [3.63, 3.8) is 0 Å². The molecule has 0 aliphatic rings. The van der Waals surface area contributed by atoms with Gasteiger partial charge in [-0.3, -0.25) is 10.1 Å². The van der Waals surface area contributed by atoms with Crippen molar-refractivity contribution in [2.75, 3.05) is 11.1 Å². The van der Waals surface area contributed by atoms with E-state index in [0.29, 0.717) is 22.4 Å². The van der Waals surface area contributed by atoms with E-state index in [1.54, 1.807) is 18.0 Å². The van der Waals surface area contributed by atoms with Gasteiger partial charge in [-0.1, -0.05) is 79.0 Å². The maximum atomic E-state index is 12.5. The highest BCUT2D eigenvalue weighted by molar-refractivity contribution is 8.01. The van der Waals surface area contributed by atoms with Crippen molar-refractivity contribution in [3.05, 3.63) is 36.5 Å². The summed E-state index contributed by atoms with van der Waals surface area (Å²) < 4.78 is 0.845. The number of rotatable bonds is 8. The van der Waals surface area contributed by atoms with E-state index < -0.39 is 0 Å². The number of hydrogen-bond acceptors (Lipinski definition) is 9. The summed E-state index contributed by atoms with van der Waals surface area (Å²) in [4.78, 5) is 16.9. The zero-order valence-electron chi connectivity index (χ0n) is 14.8. The fourth-order valence-electron chi connectivity index (χ4n) is 2.14. The van der Waals surface area contributed by atoms with Gasteiger partial charge < -0.3 is 0 Å². The van der Waals surface area contributed by atoms with Crippen LogP contribution in [0.4, 0.5) is 5.13 Å². The monoisotopic (exact) mass is 418 g/mol. The molecule has 27 heavy (non-hydrogen) atoms. The van der Waals surface area contributed by atoms with Gasteiger partial charge in [0.1, 0.15) is 5.69 Å². The smallest absolute Gasteiger partial charge is 0.239 e. The van der Waals surface area contributed by atoms with Gasteiger partial charge in [0.05, 0.1) is 11.4 Å². The molecule has 3 rings (SSSR count). The number of nitrogens with one attached hydrogen (secondary N) is 1. The third-order valence-corrected chi connectivity index (χ3v) is 6.51. The third-order valence-electron chi connectivity index (χ3n) is 3.43.